The smallest absolute Gasteiger partial charge is 0.416 e. The molecule has 1 N–H and O–H groups in total. The van der Waals surface area contributed by atoms with Crippen LogP contribution in [0, 0.1) is 0 Å². The van der Waals surface area contributed by atoms with Crippen molar-refractivity contribution in [3.05, 3.63) is 34.9 Å². The minimum atomic E-state index is -4.83. The highest BCUT2D eigenvalue weighted by molar-refractivity contribution is 5.70. The number of alkyl halides is 6. The maximum absolute atomic E-state index is 12.8. The van der Waals surface area contributed by atoms with E-state index >= 15 is 0 Å². The number of carbonyl (C=O) groups is 1. The van der Waals surface area contributed by atoms with Gasteiger partial charge in [0.1, 0.15) is 6.61 Å². The molecule has 2 rings (SSSR count). The van der Waals surface area contributed by atoms with Crippen LogP contribution in [0.25, 0.3) is 0 Å². The lowest BCUT2D eigenvalue weighted by Crippen LogP contribution is -2.23. The van der Waals surface area contributed by atoms with Gasteiger partial charge in [0, 0.05) is 0 Å². The Morgan fingerprint density at radius 2 is 1.75 bits per heavy atom. The molecule has 1 aliphatic heterocycles. The fraction of sp³-hybridized carbons (Fsp3) is 0.364. The van der Waals surface area contributed by atoms with Crippen LogP contribution in [-0.4, -0.2) is 12.7 Å². The van der Waals surface area contributed by atoms with Crippen LogP contribution in [0.4, 0.5) is 31.1 Å². The van der Waals surface area contributed by atoms with Crippen LogP contribution in [0.2, 0.25) is 0 Å². The van der Waals surface area contributed by atoms with E-state index in [0.29, 0.717) is 18.2 Å². The van der Waals surface area contributed by atoms with Crippen molar-refractivity contribution >= 4 is 6.09 Å². The number of alkyl carbamates (subject to hydrolysis) is 1. The van der Waals surface area contributed by atoms with Crippen molar-refractivity contribution in [2.45, 2.75) is 18.4 Å². The number of nitrogens with one attached hydrogen (secondary N) is 1. The molecule has 1 atom stereocenters. The average molecular weight is 299 g/mol. The number of hydrogen-bond acceptors (Lipinski definition) is 2. The fourth-order valence-corrected chi connectivity index (χ4v) is 1.84. The summed E-state index contributed by atoms with van der Waals surface area (Å²) in [6.07, 6.45) is -10.6. The Bertz CT molecular complexity index is 537. The number of ether oxygens (including phenoxy) is 1. The summed E-state index contributed by atoms with van der Waals surface area (Å²) in [6, 6.07) is -0.184. The molecule has 3 nitrogen and oxygen atoms in total. The molecule has 0 bridgehead atoms. The third kappa shape index (κ3) is 2.81. The highest BCUT2D eigenvalue weighted by Crippen LogP contribution is 2.39. The fourth-order valence-electron chi connectivity index (χ4n) is 1.84. The van der Waals surface area contributed by atoms with Crippen molar-refractivity contribution in [3.8, 4) is 0 Å². The van der Waals surface area contributed by atoms with Gasteiger partial charge in [-0.15, -0.1) is 0 Å². The molecule has 1 heterocycles. The quantitative estimate of drug-likeness (QED) is 0.806. The van der Waals surface area contributed by atoms with Gasteiger partial charge in [0.05, 0.1) is 17.2 Å². The largest absolute Gasteiger partial charge is 0.447 e. The Hall–Kier alpha value is -1.93. The van der Waals surface area contributed by atoms with Crippen LogP contribution in [0.3, 0.4) is 0 Å². The summed E-state index contributed by atoms with van der Waals surface area (Å²) in [4.78, 5) is 10.8. The van der Waals surface area contributed by atoms with Gasteiger partial charge in [0.2, 0.25) is 0 Å². The number of amides is 1. The molecule has 0 spiro atoms. The van der Waals surface area contributed by atoms with E-state index in [1.54, 1.807) is 0 Å². The lowest BCUT2D eigenvalue weighted by Gasteiger charge is -2.18. The van der Waals surface area contributed by atoms with Gasteiger partial charge in [-0.2, -0.15) is 26.3 Å². The van der Waals surface area contributed by atoms with Gasteiger partial charge in [-0.3, -0.25) is 0 Å². The topological polar surface area (TPSA) is 38.3 Å². The first-order chi connectivity index (χ1) is 9.09. The molecule has 1 aromatic rings. The number of rotatable bonds is 1. The van der Waals surface area contributed by atoms with Crippen molar-refractivity contribution < 1.29 is 35.9 Å². The van der Waals surface area contributed by atoms with Crippen LogP contribution in [-0.2, 0) is 17.1 Å². The Balaban J connectivity index is 2.51. The van der Waals surface area contributed by atoms with Crippen LogP contribution < -0.4 is 5.32 Å². The monoisotopic (exact) mass is 299 g/mol. The highest BCUT2D eigenvalue weighted by atomic mass is 19.4. The van der Waals surface area contributed by atoms with E-state index in [0.717, 1.165) is 0 Å². The van der Waals surface area contributed by atoms with Crippen LogP contribution in [0.5, 0.6) is 0 Å². The van der Waals surface area contributed by atoms with Gasteiger partial charge >= 0.3 is 18.4 Å². The zero-order chi connectivity index (χ0) is 15.1. The molecule has 20 heavy (non-hydrogen) atoms. The Morgan fingerprint density at radius 1 is 1.10 bits per heavy atom. The van der Waals surface area contributed by atoms with E-state index in [2.05, 4.69) is 4.74 Å². The molecular weight excluding hydrogens is 292 g/mol. The zero-order valence-corrected chi connectivity index (χ0v) is 9.60. The van der Waals surface area contributed by atoms with Crippen molar-refractivity contribution in [2.75, 3.05) is 6.61 Å². The van der Waals surface area contributed by atoms with Crippen molar-refractivity contribution in [1.29, 1.82) is 0 Å². The van der Waals surface area contributed by atoms with Crippen molar-refractivity contribution in [2.24, 2.45) is 0 Å². The second-order valence-electron chi connectivity index (χ2n) is 4.09. The normalized spacial score (nSPS) is 19.7. The first-order valence-corrected chi connectivity index (χ1v) is 5.30. The summed E-state index contributed by atoms with van der Waals surface area (Å²) in [5, 5.41) is 2.03. The first kappa shape index (κ1) is 14.5. The average Bonchev–Trinajstić information content (AvgIpc) is 2.72. The van der Waals surface area contributed by atoms with E-state index in [1.807, 2.05) is 5.32 Å². The van der Waals surface area contributed by atoms with Gasteiger partial charge in [-0.25, -0.2) is 4.79 Å². The number of benzene rings is 1. The Morgan fingerprint density at radius 3 is 2.20 bits per heavy atom. The number of cyclic esters (lactones) is 1. The number of carbonyl (C=O) groups excluding carboxylic acids is 1. The van der Waals surface area contributed by atoms with Crippen LogP contribution >= 0.6 is 0 Å². The molecule has 0 unspecified atom stereocenters. The van der Waals surface area contributed by atoms with Gasteiger partial charge < -0.3 is 10.1 Å². The molecule has 110 valence electrons. The van der Waals surface area contributed by atoms with E-state index in [-0.39, 0.29) is 0 Å². The molecule has 0 aliphatic carbocycles. The molecule has 1 fully saturated rings. The number of hydrogen-bond donors (Lipinski definition) is 1. The summed E-state index contributed by atoms with van der Waals surface area (Å²) >= 11 is 0. The zero-order valence-electron chi connectivity index (χ0n) is 9.60. The number of halogens is 6. The van der Waals surface area contributed by atoms with Crippen LogP contribution in [0.1, 0.15) is 22.7 Å². The molecule has 0 saturated carbocycles. The van der Waals surface area contributed by atoms with E-state index in [9.17, 15) is 31.1 Å². The minimum absolute atomic E-state index is 0.350. The molecular formula is C11H7F6NO2. The van der Waals surface area contributed by atoms with Gasteiger partial charge in [0.25, 0.3) is 0 Å². The Kier molecular flexibility index (Phi) is 3.31. The minimum Gasteiger partial charge on any atom is -0.447 e. The Labute approximate surface area is 108 Å². The first-order valence-electron chi connectivity index (χ1n) is 5.30. The van der Waals surface area contributed by atoms with E-state index in [1.165, 1.54) is 0 Å². The van der Waals surface area contributed by atoms with Crippen LogP contribution in [0.15, 0.2) is 18.2 Å². The van der Waals surface area contributed by atoms with Gasteiger partial charge in [0.15, 0.2) is 0 Å². The molecule has 1 aliphatic rings. The highest BCUT2D eigenvalue weighted by Gasteiger charge is 2.40. The molecule has 1 saturated heterocycles. The SMILES string of the molecule is O=C1N[C@@H](c2cc(C(F)(F)F)ccc2C(F)(F)F)CO1. The molecule has 1 amide bonds. The predicted octanol–water partition coefficient (Wildman–Crippen LogP) is 3.51. The maximum atomic E-state index is 12.8. The summed E-state index contributed by atoms with van der Waals surface area (Å²) in [5.41, 5.74) is -3.12. The summed E-state index contributed by atoms with van der Waals surface area (Å²) in [7, 11) is 0. The molecule has 0 radical (unpaired) electrons. The van der Waals surface area contributed by atoms with E-state index < -0.39 is 47.8 Å². The summed E-state index contributed by atoms with van der Waals surface area (Å²) in [6.45, 7) is -0.455. The van der Waals surface area contributed by atoms with Crippen molar-refractivity contribution in [3.63, 3.8) is 0 Å². The molecule has 1 aromatic carbocycles. The lowest BCUT2D eigenvalue weighted by atomic mass is 9.97. The third-order valence-electron chi connectivity index (χ3n) is 2.73. The summed E-state index contributed by atoms with van der Waals surface area (Å²) in [5.74, 6) is 0. The molecule has 0 aromatic heterocycles. The second kappa shape index (κ2) is 4.57. The maximum Gasteiger partial charge on any atom is 0.416 e. The standard InChI is InChI=1S/C11H7F6NO2/c12-10(13,14)5-1-2-7(11(15,16)17)6(3-5)8-4-20-9(19)18-8/h1-3,8H,4H2,(H,18,19)/t8-/m1/s1. The van der Waals surface area contributed by atoms with Crippen molar-refractivity contribution in [1.82, 2.24) is 5.32 Å². The summed E-state index contributed by atoms with van der Waals surface area (Å²) < 4.78 is 80.5. The second-order valence-corrected chi connectivity index (χ2v) is 4.09. The van der Waals surface area contributed by atoms with E-state index in [4.69, 9.17) is 0 Å². The third-order valence-corrected chi connectivity index (χ3v) is 2.73. The lowest BCUT2D eigenvalue weighted by molar-refractivity contribution is -0.142. The van der Waals surface area contributed by atoms with Gasteiger partial charge in [-0.1, -0.05) is 0 Å². The predicted molar refractivity (Wildman–Crippen MR) is 53.7 cm³/mol. The van der Waals surface area contributed by atoms with Gasteiger partial charge in [-0.05, 0) is 23.8 Å². The molecule has 9 heteroatoms.